The zero-order valence-corrected chi connectivity index (χ0v) is 9.14. The maximum absolute atomic E-state index is 10.8. The van der Waals surface area contributed by atoms with E-state index < -0.39 is 10.8 Å². The lowest BCUT2D eigenvalue weighted by Crippen LogP contribution is -2.16. The summed E-state index contributed by atoms with van der Waals surface area (Å²) in [6.45, 7) is 0. The van der Waals surface area contributed by atoms with Gasteiger partial charge in [-0.05, 0) is 11.4 Å². The fourth-order valence-electron chi connectivity index (χ4n) is 0.603. The van der Waals surface area contributed by atoms with Gasteiger partial charge in [0, 0.05) is 0 Å². The average Bonchev–Trinajstić information content (AvgIpc) is 2.66. The number of thiophene rings is 1. The van der Waals surface area contributed by atoms with Gasteiger partial charge in [0.05, 0.1) is 4.88 Å². The number of carbonyl (C=O) groups excluding carboxylic acids is 1. The molecule has 4 nitrogen and oxygen atoms in total. The minimum absolute atomic E-state index is 0.113. The van der Waals surface area contributed by atoms with Crippen LogP contribution in [0.25, 0.3) is 0 Å². The predicted molar refractivity (Wildman–Crippen MR) is 56.6 cm³/mol. The monoisotopic (exact) mass is 252 g/mol. The molecule has 0 spiro atoms. The van der Waals surface area contributed by atoms with Gasteiger partial charge in [0.15, 0.2) is 5.84 Å². The van der Waals surface area contributed by atoms with Gasteiger partial charge in [-0.2, -0.15) is 0 Å². The second-order valence-corrected chi connectivity index (χ2v) is 4.21. The number of hydrogen-bond acceptors (Lipinski definition) is 4. The van der Waals surface area contributed by atoms with E-state index in [0.29, 0.717) is 4.88 Å². The van der Waals surface area contributed by atoms with Gasteiger partial charge in [0.2, 0.25) is 4.84 Å². The Hall–Kier alpha value is -0.780. The van der Waals surface area contributed by atoms with Crippen molar-refractivity contribution in [3.63, 3.8) is 0 Å². The summed E-state index contributed by atoms with van der Waals surface area (Å²) in [7, 11) is 0. The van der Waals surface area contributed by atoms with Gasteiger partial charge < -0.3 is 10.6 Å². The van der Waals surface area contributed by atoms with Crippen LogP contribution in [0.2, 0.25) is 0 Å². The van der Waals surface area contributed by atoms with E-state index in [9.17, 15) is 4.79 Å². The highest BCUT2D eigenvalue weighted by atomic mass is 35.5. The molecule has 0 saturated heterocycles. The van der Waals surface area contributed by atoms with Crippen LogP contribution in [0, 0.1) is 0 Å². The van der Waals surface area contributed by atoms with Crippen molar-refractivity contribution in [3.05, 3.63) is 22.4 Å². The largest absolute Gasteiger partial charge is 0.380 e. The predicted octanol–water partition coefficient (Wildman–Crippen LogP) is 1.72. The highest BCUT2D eigenvalue weighted by Crippen LogP contribution is 2.08. The molecule has 0 atom stereocenters. The lowest BCUT2D eigenvalue weighted by Gasteiger charge is -1.98. The van der Waals surface area contributed by atoms with Crippen LogP contribution in [0.1, 0.15) is 4.88 Å². The van der Waals surface area contributed by atoms with Crippen LogP contribution in [-0.4, -0.2) is 16.6 Å². The summed E-state index contributed by atoms with van der Waals surface area (Å²) in [5.74, 6) is -0.741. The number of amidine groups is 1. The third kappa shape index (κ3) is 3.17. The van der Waals surface area contributed by atoms with E-state index in [1.807, 2.05) is 5.38 Å². The smallest absolute Gasteiger partial charge is 0.367 e. The molecule has 0 aliphatic rings. The molecule has 0 aliphatic carbocycles. The first-order valence-electron chi connectivity index (χ1n) is 3.47. The van der Waals surface area contributed by atoms with Crippen LogP contribution < -0.4 is 5.73 Å². The molecule has 2 N–H and O–H groups in total. The molecule has 0 bridgehead atoms. The first-order valence-corrected chi connectivity index (χ1v) is 5.23. The molecule has 0 saturated carbocycles. The van der Waals surface area contributed by atoms with Crippen molar-refractivity contribution in [2.24, 2.45) is 10.9 Å². The van der Waals surface area contributed by atoms with E-state index >= 15 is 0 Å². The number of hydrogen-bond donors (Lipinski definition) is 1. The molecule has 1 aromatic heterocycles. The van der Waals surface area contributed by atoms with E-state index in [-0.39, 0.29) is 5.84 Å². The Morgan fingerprint density at radius 1 is 1.64 bits per heavy atom. The van der Waals surface area contributed by atoms with Crippen molar-refractivity contribution in [1.82, 2.24) is 0 Å². The van der Waals surface area contributed by atoms with Crippen molar-refractivity contribution in [2.45, 2.75) is 4.84 Å². The Labute approximate surface area is 94.2 Å². The third-order valence-electron chi connectivity index (χ3n) is 1.19. The summed E-state index contributed by atoms with van der Waals surface area (Å²) < 4.78 is 0. The highest BCUT2D eigenvalue weighted by molar-refractivity contribution is 7.12. The molecule has 1 heterocycles. The van der Waals surface area contributed by atoms with Crippen molar-refractivity contribution in [3.8, 4) is 0 Å². The Kier molecular flexibility index (Phi) is 4.19. The van der Waals surface area contributed by atoms with Gasteiger partial charge in [-0.25, -0.2) is 4.79 Å². The molecule has 7 heteroatoms. The molecule has 0 fully saturated rings. The highest BCUT2D eigenvalue weighted by Gasteiger charge is 2.13. The third-order valence-corrected chi connectivity index (χ3v) is 2.43. The normalized spacial score (nSPS) is 11.8. The van der Waals surface area contributed by atoms with Crippen LogP contribution in [0.5, 0.6) is 0 Å². The number of halogens is 2. The summed E-state index contributed by atoms with van der Waals surface area (Å²) in [5.41, 5.74) is 5.48. The first kappa shape index (κ1) is 11.3. The Morgan fingerprint density at radius 3 is 2.86 bits per heavy atom. The molecule has 0 amide bonds. The van der Waals surface area contributed by atoms with Gasteiger partial charge in [0.1, 0.15) is 0 Å². The second kappa shape index (κ2) is 5.19. The van der Waals surface area contributed by atoms with E-state index in [4.69, 9.17) is 28.9 Å². The van der Waals surface area contributed by atoms with Gasteiger partial charge in [-0.15, -0.1) is 11.3 Å². The summed E-state index contributed by atoms with van der Waals surface area (Å²) >= 11 is 11.8. The molecule has 1 aromatic rings. The van der Waals surface area contributed by atoms with Gasteiger partial charge in [-0.3, -0.25) is 0 Å². The zero-order valence-electron chi connectivity index (χ0n) is 6.81. The van der Waals surface area contributed by atoms with E-state index in [1.54, 1.807) is 12.1 Å². The van der Waals surface area contributed by atoms with E-state index in [1.165, 1.54) is 11.3 Å². The van der Waals surface area contributed by atoms with Crippen LogP contribution in [0.3, 0.4) is 0 Å². The summed E-state index contributed by atoms with van der Waals surface area (Å²) in [6, 6.07) is 3.55. The molecule has 1 rings (SSSR count). The number of nitrogens with two attached hydrogens (primary N) is 1. The van der Waals surface area contributed by atoms with Crippen molar-refractivity contribution < 1.29 is 9.63 Å². The molecular formula is C7H6Cl2N2O2S. The van der Waals surface area contributed by atoms with Crippen molar-refractivity contribution in [2.75, 3.05) is 0 Å². The Bertz CT molecular complexity index is 337. The van der Waals surface area contributed by atoms with Crippen molar-refractivity contribution >= 4 is 46.3 Å². The standard InChI is InChI=1S/C7H6Cl2N2O2S/c8-5(9)7(12)13-11-6(10)4-2-1-3-14-4/h1-3,5H,(H2,10,11). The van der Waals surface area contributed by atoms with Gasteiger partial charge >= 0.3 is 5.97 Å². The molecular weight excluding hydrogens is 247 g/mol. The summed E-state index contributed by atoms with van der Waals surface area (Å²) in [5, 5.41) is 5.20. The Balaban J connectivity index is 2.58. The van der Waals surface area contributed by atoms with Gasteiger partial charge in [-0.1, -0.05) is 34.4 Å². The number of alkyl halides is 2. The fourth-order valence-corrected chi connectivity index (χ4v) is 1.30. The maximum atomic E-state index is 10.8. The van der Waals surface area contributed by atoms with Crippen LogP contribution in [0.15, 0.2) is 22.7 Å². The topological polar surface area (TPSA) is 64.7 Å². The van der Waals surface area contributed by atoms with Gasteiger partial charge in [0.25, 0.3) is 0 Å². The number of oxime groups is 1. The molecule has 0 unspecified atom stereocenters. The zero-order chi connectivity index (χ0) is 10.6. The maximum Gasteiger partial charge on any atom is 0.367 e. The lowest BCUT2D eigenvalue weighted by atomic mass is 10.4. The Morgan fingerprint density at radius 2 is 2.36 bits per heavy atom. The summed E-state index contributed by atoms with van der Waals surface area (Å²) in [4.78, 5) is 14.6. The number of nitrogens with zero attached hydrogens (tertiary/aromatic N) is 1. The quantitative estimate of drug-likeness (QED) is 0.293. The number of rotatable bonds is 3. The molecule has 76 valence electrons. The van der Waals surface area contributed by atoms with E-state index in [2.05, 4.69) is 9.99 Å². The summed E-state index contributed by atoms with van der Waals surface area (Å²) in [6.07, 6.45) is 0. The molecule has 14 heavy (non-hydrogen) atoms. The minimum atomic E-state index is -1.25. The second-order valence-electron chi connectivity index (χ2n) is 2.16. The van der Waals surface area contributed by atoms with Crippen LogP contribution in [0.4, 0.5) is 0 Å². The molecule has 0 aliphatic heterocycles. The SMILES string of the molecule is N/C(=N\OC(=O)C(Cl)Cl)c1cccs1. The van der Waals surface area contributed by atoms with Crippen molar-refractivity contribution in [1.29, 1.82) is 0 Å². The first-order chi connectivity index (χ1) is 6.61. The number of carbonyl (C=O) groups is 1. The van der Waals surface area contributed by atoms with E-state index in [0.717, 1.165) is 0 Å². The lowest BCUT2D eigenvalue weighted by molar-refractivity contribution is -0.141. The molecule has 0 aromatic carbocycles. The minimum Gasteiger partial charge on any atom is -0.380 e. The average molecular weight is 253 g/mol. The van der Waals surface area contributed by atoms with Crippen LogP contribution in [-0.2, 0) is 9.63 Å². The molecule has 0 radical (unpaired) electrons. The van der Waals surface area contributed by atoms with Crippen LogP contribution >= 0.6 is 34.5 Å². The fraction of sp³-hybridized carbons (Fsp3) is 0.143.